The summed E-state index contributed by atoms with van der Waals surface area (Å²) < 4.78 is 35.9. The molecule has 0 atom stereocenters. The second-order valence-electron chi connectivity index (χ2n) is 2.29. The van der Waals surface area contributed by atoms with Crippen LogP contribution in [0, 0.1) is 0 Å². The number of aromatic amines is 1. The lowest BCUT2D eigenvalue weighted by atomic mass is 10.3. The Labute approximate surface area is 71.9 Å². The normalized spacial score (nSPS) is 12.6. The number of hydrogen-bond donors (Lipinski definition) is 2. The SMILES string of the molecule is OC/C=C/c1cc(C(F)(F)F)[nH]n1. The fourth-order valence-electron chi connectivity index (χ4n) is 0.741. The number of H-pyrrole nitrogens is 1. The standard InChI is InChI=1S/C7H7F3N2O/c8-7(9,10)6-4-5(11-12-6)2-1-3-13/h1-2,4,13H,3H2,(H,11,12)/b2-1+. The van der Waals surface area contributed by atoms with Gasteiger partial charge in [-0.15, -0.1) is 0 Å². The van der Waals surface area contributed by atoms with Crippen LogP contribution in [0.5, 0.6) is 0 Å². The number of rotatable bonds is 2. The van der Waals surface area contributed by atoms with Gasteiger partial charge in [-0.25, -0.2) is 0 Å². The van der Waals surface area contributed by atoms with E-state index in [2.05, 4.69) is 5.10 Å². The molecule has 2 N–H and O–H groups in total. The zero-order chi connectivity index (χ0) is 9.90. The molecule has 0 aliphatic heterocycles. The summed E-state index contributed by atoms with van der Waals surface area (Å²) in [5, 5.41) is 13.6. The van der Waals surface area contributed by atoms with Crippen molar-refractivity contribution in [1.29, 1.82) is 0 Å². The molecule has 1 aromatic rings. The van der Waals surface area contributed by atoms with Crippen molar-refractivity contribution in [1.82, 2.24) is 10.2 Å². The molecule has 13 heavy (non-hydrogen) atoms. The molecular weight excluding hydrogens is 185 g/mol. The number of nitrogens with one attached hydrogen (secondary N) is 1. The average Bonchev–Trinajstić information content (AvgIpc) is 2.47. The maximum atomic E-state index is 12.0. The van der Waals surface area contributed by atoms with E-state index in [1.54, 1.807) is 0 Å². The predicted octanol–water partition coefficient (Wildman–Crippen LogP) is 1.43. The van der Waals surface area contributed by atoms with E-state index in [-0.39, 0.29) is 12.3 Å². The van der Waals surface area contributed by atoms with Gasteiger partial charge < -0.3 is 5.11 Å². The zero-order valence-corrected chi connectivity index (χ0v) is 6.47. The molecule has 0 unspecified atom stereocenters. The number of nitrogens with zero attached hydrogens (tertiary/aromatic N) is 1. The Bertz CT molecular complexity index is 303. The topological polar surface area (TPSA) is 48.9 Å². The number of hydrogen-bond acceptors (Lipinski definition) is 2. The van der Waals surface area contributed by atoms with Gasteiger partial charge in [-0.3, -0.25) is 5.10 Å². The molecule has 3 nitrogen and oxygen atoms in total. The second kappa shape index (κ2) is 3.61. The molecule has 0 radical (unpaired) electrons. The van der Waals surface area contributed by atoms with E-state index in [0.29, 0.717) is 0 Å². The summed E-state index contributed by atoms with van der Waals surface area (Å²) in [5.74, 6) is 0. The molecule has 1 rings (SSSR count). The van der Waals surface area contributed by atoms with Gasteiger partial charge in [0.15, 0.2) is 0 Å². The molecule has 0 aliphatic carbocycles. The van der Waals surface area contributed by atoms with Crippen molar-refractivity contribution in [2.24, 2.45) is 0 Å². The van der Waals surface area contributed by atoms with E-state index in [1.165, 1.54) is 12.2 Å². The highest BCUT2D eigenvalue weighted by molar-refractivity contribution is 5.44. The van der Waals surface area contributed by atoms with Gasteiger partial charge in [0.25, 0.3) is 0 Å². The minimum Gasteiger partial charge on any atom is -0.392 e. The van der Waals surface area contributed by atoms with Crippen LogP contribution < -0.4 is 0 Å². The van der Waals surface area contributed by atoms with Gasteiger partial charge in [-0.05, 0) is 12.1 Å². The fourth-order valence-corrected chi connectivity index (χ4v) is 0.741. The van der Waals surface area contributed by atoms with E-state index in [1.807, 2.05) is 5.10 Å². The predicted molar refractivity (Wildman–Crippen MR) is 39.7 cm³/mol. The van der Waals surface area contributed by atoms with Gasteiger partial charge in [0.2, 0.25) is 0 Å². The summed E-state index contributed by atoms with van der Waals surface area (Å²) in [7, 11) is 0. The van der Waals surface area contributed by atoms with Crippen LogP contribution in [-0.4, -0.2) is 21.9 Å². The number of halogens is 3. The molecule has 0 aromatic carbocycles. The van der Waals surface area contributed by atoms with E-state index >= 15 is 0 Å². The van der Waals surface area contributed by atoms with Crippen LogP contribution >= 0.6 is 0 Å². The first-order chi connectivity index (χ1) is 6.04. The molecule has 0 saturated heterocycles. The van der Waals surface area contributed by atoms with E-state index < -0.39 is 11.9 Å². The van der Waals surface area contributed by atoms with Crippen LogP contribution in [0.4, 0.5) is 13.2 Å². The Morgan fingerprint density at radius 3 is 2.69 bits per heavy atom. The van der Waals surface area contributed by atoms with Crippen LogP contribution in [0.1, 0.15) is 11.4 Å². The van der Waals surface area contributed by atoms with E-state index in [0.717, 1.165) is 6.07 Å². The van der Waals surface area contributed by atoms with Crippen molar-refractivity contribution in [3.63, 3.8) is 0 Å². The maximum absolute atomic E-state index is 12.0. The molecule has 1 aromatic heterocycles. The highest BCUT2D eigenvalue weighted by Crippen LogP contribution is 2.27. The number of aromatic nitrogens is 2. The lowest BCUT2D eigenvalue weighted by Gasteiger charge is -1.99. The second-order valence-corrected chi connectivity index (χ2v) is 2.29. The number of aliphatic hydroxyl groups is 1. The van der Waals surface area contributed by atoms with Gasteiger partial charge >= 0.3 is 6.18 Å². The maximum Gasteiger partial charge on any atom is 0.432 e. The minimum atomic E-state index is -4.40. The average molecular weight is 192 g/mol. The van der Waals surface area contributed by atoms with Crippen LogP contribution in [-0.2, 0) is 6.18 Å². The monoisotopic (exact) mass is 192 g/mol. The van der Waals surface area contributed by atoms with Crippen molar-refractivity contribution >= 4 is 6.08 Å². The fraction of sp³-hybridized carbons (Fsp3) is 0.286. The minimum absolute atomic E-state index is 0.140. The molecule has 0 amide bonds. The third kappa shape index (κ3) is 2.59. The van der Waals surface area contributed by atoms with Gasteiger partial charge in [-0.1, -0.05) is 6.08 Å². The highest BCUT2D eigenvalue weighted by atomic mass is 19.4. The van der Waals surface area contributed by atoms with Crippen molar-refractivity contribution in [3.8, 4) is 0 Å². The summed E-state index contributed by atoms with van der Waals surface area (Å²) in [6, 6.07) is 0.867. The smallest absolute Gasteiger partial charge is 0.392 e. The lowest BCUT2D eigenvalue weighted by molar-refractivity contribution is -0.141. The van der Waals surface area contributed by atoms with Crippen LogP contribution in [0.2, 0.25) is 0 Å². The van der Waals surface area contributed by atoms with Crippen LogP contribution in [0.3, 0.4) is 0 Å². The summed E-state index contributed by atoms with van der Waals surface area (Å²) in [6.07, 6.45) is -1.81. The Balaban J connectivity index is 2.81. The summed E-state index contributed by atoms with van der Waals surface area (Å²) >= 11 is 0. The molecule has 0 bridgehead atoms. The quantitative estimate of drug-likeness (QED) is 0.744. The molecule has 6 heteroatoms. The van der Waals surface area contributed by atoms with Gasteiger partial charge in [0.05, 0.1) is 12.3 Å². The summed E-state index contributed by atoms with van der Waals surface area (Å²) in [4.78, 5) is 0. The largest absolute Gasteiger partial charge is 0.432 e. The molecule has 72 valence electrons. The van der Waals surface area contributed by atoms with Crippen LogP contribution in [0.15, 0.2) is 12.1 Å². The molecule has 0 saturated carbocycles. The molecule has 0 spiro atoms. The Morgan fingerprint density at radius 2 is 2.23 bits per heavy atom. The van der Waals surface area contributed by atoms with Crippen molar-refractivity contribution in [2.45, 2.75) is 6.18 Å². The van der Waals surface area contributed by atoms with Crippen molar-refractivity contribution in [2.75, 3.05) is 6.61 Å². The van der Waals surface area contributed by atoms with Crippen molar-refractivity contribution < 1.29 is 18.3 Å². The first kappa shape index (κ1) is 9.79. The highest BCUT2D eigenvalue weighted by Gasteiger charge is 2.32. The molecular formula is C7H7F3N2O. The number of aliphatic hydroxyl groups excluding tert-OH is 1. The van der Waals surface area contributed by atoms with E-state index in [9.17, 15) is 13.2 Å². The molecule has 0 aliphatic rings. The zero-order valence-electron chi connectivity index (χ0n) is 6.47. The van der Waals surface area contributed by atoms with Crippen molar-refractivity contribution in [3.05, 3.63) is 23.5 Å². The number of alkyl halides is 3. The Kier molecular flexibility index (Phi) is 2.72. The lowest BCUT2D eigenvalue weighted by Crippen LogP contribution is -2.04. The van der Waals surface area contributed by atoms with Gasteiger partial charge in [-0.2, -0.15) is 18.3 Å². The van der Waals surface area contributed by atoms with E-state index in [4.69, 9.17) is 5.11 Å². The Hall–Kier alpha value is -1.30. The van der Waals surface area contributed by atoms with Crippen LogP contribution in [0.25, 0.3) is 6.08 Å². The summed E-state index contributed by atoms with van der Waals surface area (Å²) in [6.45, 7) is -0.228. The van der Waals surface area contributed by atoms with Gasteiger partial charge in [0.1, 0.15) is 5.69 Å². The molecule has 0 fully saturated rings. The first-order valence-corrected chi connectivity index (χ1v) is 3.44. The summed E-state index contributed by atoms with van der Waals surface area (Å²) in [5.41, 5.74) is -0.758. The first-order valence-electron chi connectivity index (χ1n) is 3.44. The Morgan fingerprint density at radius 1 is 1.54 bits per heavy atom. The third-order valence-electron chi connectivity index (χ3n) is 1.30. The van der Waals surface area contributed by atoms with Gasteiger partial charge in [0, 0.05) is 0 Å². The molecule has 1 heterocycles. The third-order valence-corrected chi connectivity index (χ3v) is 1.30.